The Balaban J connectivity index is 1.55. The summed E-state index contributed by atoms with van der Waals surface area (Å²) in [6, 6.07) is 3.78. The van der Waals surface area contributed by atoms with Gasteiger partial charge < -0.3 is 23.9 Å². The predicted octanol–water partition coefficient (Wildman–Crippen LogP) is 4.86. The first kappa shape index (κ1) is 22.2. The van der Waals surface area contributed by atoms with Crippen LogP contribution < -0.4 is 18.9 Å². The Morgan fingerprint density at radius 2 is 2.03 bits per heavy atom. The first-order valence-corrected chi connectivity index (χ1v) is 9.80. The summed E-state index contributed by atoms with van der Waals surface area (Å²) in [4.78, 5) is 11.1. The average molecular weight is 481 g/mol. The van der Waals surface area contributed by atoms with Crippen LogP contribution in [0.3, 0.4) is 0 Å². The molecule has 1 aliphatic heterocycles. The van der Waals surface area contributed by atoms with Gasteiger partial charge in [0.15, 0.2) is 34.8 Å². The fourth-order valence-corrected chi connectivity index (χ4v) is 3.61. The minimum atomic E-state index is -4.55. The predicted molar refractivity (Wildman–Crippen MR) is 99.1 cm³/mol. The number of aromatic nitrogens is 3. The second-order valence-electron chi connectivity index (χ2n) is 6.44. The molecule has 1 atom stereocenters. The number of H-pyrrole nitrogens is 1. The average Bonchev–Trinajstić information content (AvgIpc) is 3.10. The van der Waals surface area contributed by atoms with E-state index < -0.39 is 25.2 Å². The third kappa shape index (κ3) is 4.59. The molecule has 2 aromatic heterocycles. The highest BCUT2D eigenvalue weighted by Gasteiger charge is 2.49. The molecule has 0 spiro atoms. The lowest BCUT2D eigenvalue weighted by atomic mass is 10.2. The summed E-state index contributed by atoms with van der Waals surface area (Å²) in [6.07, 6.45) is -10.3. The minimum Gasteiger partial charge on any atom is -0.493 e. The molecule has 0 bridgehead atoms. The lowest BCUT2D eigenvalue weighted by molar-refractivity contribution is -0.281. The number of fused-ring (bicyclic) bond motifs is 2. The number of ether oxygens (including phenoxy) is 4. The van der Waals surface area contributed by atoms with Crippen LogP contribution in [0.1, 0.15) is 5.69 Å². The van der Waals surface area contributed by atoms with Crippen LogP contribution in [0.4, 0.5) is 26.3 Å². The highest BCUT2D eigenvalue weighted by molar-refractivity contribution is 7.98. The van der Waals surface area contributed by atoms with Gasteiger partial charge in [-0.05, 0) is 0 Å². The molecule has 0 saturated heterocycles. The number of nitrogens with one attached hydrogen (secondary N) is 1. The summed E-state index contributed by atoms with van der Waals surface area (Å²) in [6.45, 7) is -1.52. The van der Waals surface area contributed by atoms with Crippen molar-refractivity contribution in [2.45, 2.75) is 29.6 Å². The zero-order valence-electron chi connectivity index (χ0n) is 16.0. The topological polar surface area (TPSA) is 78.5 Å². The SMILES string of the molecule is COc1ccnc(CSc2nc3cc4c(cc3[nH]2)OC(F)(F)C(F)O4)c1OCC(F)(F)F. The number of rotatable bonds is 6. The molecule has 0 saturated carbocycles. The van der Waals surface area contributed by atoms with Crippen LogP contribution in [0.5, 0.6) is 23.0 Å². The van der Waals surface area contributed by atoms with E-state index in [1.54, 1.807) is 0 Å². The molecule has 1 aliphatic rings. The van der Waals surface area contributed by atoms with Crippen LogP contribution in [0.25, 0.3) is 11.0 Å². The molecule has 1 unspecified atom stereocenters. The maximum atomic E-state index is 13.4. The minimum absolute atomic E-state index is 0.0432. The van der Waals surface area contributed by atoms with E-state index in [4.69, 9.17) is 9.47 Å². The van der Waals surface area contributed by atoms with E-state index >= 15 is 0 Å². The number of imidazole rings is 1. The Labute approximate surface area is 180 Å². The number of thioether (sulfide) groups is 1. The number of hydrogen-bond donors (Lipinski definition) is 1. The van der Waals surface area contributed by atoms with E-state index in [0.29, 0.717) is 5.52 Å². The zero-order chi connectivity index (χ0) is 23.1. The van der Waals surface area contributed by atoms with E-state index in [1.165, 1.54) is 31.5 Å². The normalized spacial score (nSPS) is 17.4. The highest BCUT2D eigenvalue weighted by atomic mass is 32.2. The first-order chi connectivity index (χ1) is 15.1. The van der Waals surface area contributed by atoms with Crippen LogP contribution >= 0.6 is 11.8 Å². The number of pyridine rings is 1. The van der Waals surface area contributed by atoms with Crippen molar-refractivity contribution in [1.82, 2.24) is 15.0 Å². The van der Waals surface area contributed by atoms with Gasteiger partial charge in [0.05, 0.1) is 23.8 Å². The van der Waals surface area contributed by atoms with Crippen molar-refractivity contribution in [2.24, 2.45) is 0 Å². The molecule has 14 heteroatoms. The summed E-state index contributed by atoms with van der Waals surface area (Å²) in [5, 5.41) is 0.289. The maximum Gasteiger partial charge on any atom is 0.468 e. The number of alkyl halides is 6. The second-order valence-corrected chi connectivity index (χ2v) is 7.40. The Hall–Kier alpha value is -3.03. The number of benzene rings is 1. The third-order valence-corrected chi connectivity index (χ3v) is 5.04. The van der Waals surface area contributed by atoms with Crippen molar-refractivity contribution in [3.63, 3.8) is 0 Å². The molecule has 3 aromatic rings. The van der Waals surface area contributed by atoms with Crippen molar-refractivity contribution in [1.29, 1.82) is 0 Å². The maximum absolute atomic E-state index is 13.4. The molecule has 7 nitrogen and oxygen atoms in total. The molecular weight excluding hydrogens is 468 g/mol. The van der Waals surface area contributed by atoms with Gasteiger partial charge in [0, 0.05) is 30.1 Å². The summed E-state index contributed by atoms with van der Waals surface area (Å²) < 4.78 is 96.7. The molecule has 4 rings (SSSR count). The number of hydrogen-bond acceptors (Lipinski definition) is 7. The van der Waals surface area contributed by atoms with Crippen molar-refractivity contribution < 1.29 is 45.3 Å². The summed E-state index contributed by atoms with van der Waals surface area (Å²) in [5.74, 6) is -0.649. The molecule has 3 heterocycles. The van der Waals surface area contributed by atoms with Crippen LogP contribution in [-0.4, -0.2) is 47.3 Å². The Bertz CT molecular complexity index is 1140. The lowest BCUT2D eigenvalue weighted by Crippen LogP contribution is -2.43. The lowest BCUT2D eigenvalue weighted by Gasteiger charge is -2.28. The molecule has 32 heavy (non-hydrogen) atoms. The standard InChI is InChI=1S/C18H13F6N3O4S/c1-28-11-2-3-25-10(14(11)29-7-17(20,21)22)6-32-16-26-8-4-12-13(5-9(8)27-16)31-18(23,24)15(19)30-12/h2-5,15H,6-7H2,1H3,(H,26,27). The quantitative estimate of drug-likeness (QED) is 0.398. The molecule has 0 aliphatic carbocycles. The van der Waals surface area contributed by atoms with Crippen molar-refractivity contribution >= 4 is 22.8 Å². The largest absolute Gasteiger partial charge is 0.493 e. The van der Waals surface area contributed by atoms with Gasteiger partial charge in [-0.25, -0.2) is 4.98 Å². The Morgan fingerprint density at radius 3 is 2.75 bits per heavy atom. The third-order valence-electron chi connectivity index (χ3n) is 4.15. The van der Waals surface area contributed by atoms with Gasteiger partial charge >= 0.3 is 18.6 Å². The number of aromatic amines is 1. The Kier molecular flexibility index (Phi) is 5.65. The van der Waals surface area contributed by atoms with E-state index in [-0.39, 0.29) is 45.1 Å². The van der Waals surface area contributed by atoms with Crippen molar-refractivity contribution in [2.75, 3.05) is 13.7 Å². The first-order valence-electron chi connectivity index (χ1n) is 8.81. The second kappa shape index (κ2) is 8.15. The van der Waals surface area contributed by atoms with Gasteiger partial charge in [0.1, 0.15) is 0 Å². The van der Waals surface area contributed by atoms with E-state index in [9.17, 15) is 26.3 Å². The van der Waals surface area contributed by atoms with Crippen LogP contribution in [0.15, 0.2) is 29.6 Å². The van der Waals surface area contributed by atoms with Crippen LogP contribution in [0.2, 0.25) is 0 Å². The van der Waals surface area contributed by atoms with Gasteiger partial charge in [-0.3, -0.25) is 4.98 Å². The molecule has 0 fully saturated rings. The van der Waals surface area contributed by atoms with Gasteiger partial charge in [-0.15, -0.1) is 0 Å². The monoisotopic (exact) mass is 481 g/mol. The van der Waals surface area contributed by atoms with Crippen LogP contribution in [-0.2, 0) is 5.75 Å². The summed E-state index contributed by atoms with van der Waals surface area (Å²) in [5.41, 5.74) is 0.749. The molecule has 1 aromatic carbocycles. The highest BCUT2D eigenvalue weighted by Crippen LogP contribution is 2.43. The van der Waals surface area contributed by atoms with Crippen molar-refractivity contribution in [3.05, 3.63) is 30.1 Å². The molecule has 0 amide bonds. The summed E-state index contributed by atoms with van der Waals surface area (Å²) >= 11 is 1.06. The fourth-order valence-electron chi connectivity index (χ4n) is 2.79. The summed E-state index contributed by atoms with van der Waals surface area (Å²) in [7, 11) is 1.28. The zero-order valence-corrected chi connectivity index (χ0v) is 16.8. The van der Waals surface area contributed by atoms with Crippen molar-refractivity contribution in [3.8, 4) is 23.0 Å². The van der Waals surface area contributed by atoms with E-state index in [1.807, 2.05) is 0 Å². The van der Waals surface area contributed by atoms with E-state index in [2.05, 4.69) is 24.4 Å². The molecule has 0 radical (unpaired) electrons. The van der Waals surface area contributed by atoms with Gasteiger partial charge in [0.2, 0.25) is 0 Å². The number of methoxy groups -OCH3 is 1. The molecule has 172 valence electrons. The van der Waals surface area contributed by atoms with Gasteiger partial charge in [-0.1, -0.05) is 11.8 Å². The fraction of sp³-hybridized carbons (Fsp3) is 0.333. The van der Waals surface area contributed by atoms with Gasteiger partial charge in [0.25, 0.3) is 0 Å². The molecular formula is C18H13F6N3O4S. The Morgan fingerprint density at radius 1 is 1.25 bits per heavy atom. The number of nitrogens with zero attached hydrogens (tertiary/aromatic N) is 2. The van der Waals surface area contributed by atoms with Gasteiger partial charge in [-0.2, -0.15) is 26.3 Å². The molecule has 1 N–H and O–H groups in total. The van der Waals surface area contributed by atoms with E-state index in [0.717, 1.165) is 11.8 Å². The smallest absolute Gasteiger partial charge is 0.468 e. The van der Waals surface area contributed by atoms with Crippen LogP contribution in [0, 0.1) is 0 Å². The number of halogens is 6.